The van der Waals surface area contributed by atoms with E-state index in [-0.39, 0.29) is 0 Å². The highest BCUT2D eigenvalue weighted by molar-refractivity contribution is 5.68. The molecule has 1 radical (unpaired) electrons. The van der Waals surface area contributed by atoms with Crippen LogP contribution < -0.4 is 14.2 Å². The zero-order valence-corrected chi connectivity index (χ0v) is 9.40. The van der Waals surface area contributed by atoms with Crippen molar-refractivity contribution < 1.29 is 14.2 Å². The molecule has 0 saturated heterocycles. The van der Waals surface area contributed by atoms with E-state index in [1.54, 1.807) is 7.11 Å². The minimum atomic E-state index is 0.292. The van der Waals surface area contributed by atoms with Crippen LogP contribution in [0.15, 0.2) is 36.4 Å². The van der Waals surface area contributed by atoms with Crippen LogP contribution in [-0.4, -0.2) is 13.9 Å². The van der Waals surface area contributed by atoms with Crippen molar-refractivity contribution in [2.75, 3.05) is 13.9 Å². The molecule has 17 heavy (non-hydrogen) atoms. The lowest BCUT2D eigenvalue weighted by molar-refractivity contribution is 0.174. The SMILES string of the molecule is COc1cc[c]c(-c2ccc3c(c2)OCO3)c1. The second kappa shape index (κ2) is 4.01. The molecule has 1 aliphatic heterocycles. The molecule has 0 bridgehead atoms. The largest absolute Gasteiger partial charge is 0.497 e. The van der Waals surface area contributed by atoms with Crippen molar-refractivity contribution in [3.8, 4) is 28.4 Å². The summed E-state index contributed by atoms with van der Waals surface area (Å²) in [6, 6.07) is 14.7. The molecule has 0 fully saturated rings. The van der Waals surface area contributed by atoms with Gasteiger partial charge >= 0.3 is 0 Å². The Labute approximate surface area is 99.6 Å². The average Bonchev–Trinajstić information content (AvgIpc) is 2.86. The zero-order chi connectivity index (χ0) is 11.7. The molecular weight excluding hydrogens is 216 g/mol. The topological polar surface area (TPSA) is 27.7 Å². The van der Waals surface area contributed by atoms with Crippen molar-refractivity contribution in [1.82, 2.24) is 0 Å². The monoisotopic (exact) mass is 227 g/mol. The van der Waals surface area contributed by atoms with E-state index in [0.717, 1.165) is 28.4 Å². The van der Waals surface area contributed by atoms with Crippen molar-refractivity contribution >= 4 is 0 Å². The molecule has 1 heterocycles. The number of ether oxygens (including phenoxy) is 3. The van der Waals surface area contributed by atoms with E-state index in [9.17, 15) is 0 Å². The molecule has 85 valence electrons. The quantitative estimate of drug-likeness (QED) is 0.789. The van der Waals surface area contributed by atoms with Gasteiger partial charge in [0.25, 0.3) is 0 Å². The van der Waals surface area contributed by atoms with Crippen molar-refractivity contribution in [2.45, 2.75) is 0 Å². The standard InChI is InChI=1S/C14H11O3/c1-15-12-4-2-3-10(7-12)11-5-6-13-14(8-11)17-9-16-13/h2,4-8H,9H2,1H3. The zero-order valence-electron chi connectivity index (χ0n) is 9.40. The van der Waals surface area contributed by atoms with Crippen molar-refractivity contribution in [1.29, 1.82) is 0 Å². The van der Waals surface area contributed by atoms with E-state index < -0.39 is 0 Å². The molecule has 0 saturated carbocycles. The molecule has 0 amide bonds. The van der Waals surface area contributed by atoms with E-state index in [2.05, 4.69) is 6.07 Å². The minimum Gasteiger partial charge on any atom is -0.497 e. The third kappa shape index (κ3) is 1.80. The molecule has 0 spiro atoms. The van der Waals surface area contributed by atoms with Gasteiger partial charge < -0.3 is 14.2 Å². The molecule has 1 aliphatic rings. The summed E-state index contributed by atoms with van der Waals surface area (Å²) in [7, 11) is 1.65. The number of hydrogen-bond donors (Lipinski definition) is 0. The van der Waals surface area contributed by atoms with Gasteiger partial charge in [-0.15, -0.1) is 0 Å². The second-order valence-electron chi connectivity index (χ2n) is 3.71. The van der Waals surface area contributed by atoms with Crippen LogP contribution in [0.25, 0.3) is 11.1 Å². The van der Waals surface area contributed by atoms with Crippen LogP contribution in [0.2, 0.25) is 0 Å². The van der Waals surface area contributed by atoms with Gasteiger partial charge in [0, 0.05) is 0 Å². The van der Waals surface area contributed by atoms with Crippen molar-refractivity contribution in [2.24, 2.45) is 0 Å². The fourth-order valence-corrected chi connectivity index (χ4v) is 1.80. The highest BCUT2D eigenvalue weighted by atomic mass is 16.7. The first-order valence-electron chi connectivity index (χ1n) is 5.32. The van der Waals surface area contributed by atoms with E-state index >= 15 is 0 Å². The van der Waals surface area contributed by atoms with Crippen molar-refractivity contribution in [3.63, 3.8) is 0 Å². The van der Waals surface area contributed by atoms with Crippen LogP contribution in [0.4, 0.5) is 0 Å². The maximum Gasteiger partial charge on any atom is 0.231 e. The summed E-state index contributed by atoms with van der Waals surface area (Å²) < 4.78 is 15.8. The predicted octanol–water partition coefficient (Wildman–Crippen LogP) is 2.89. The lowest BCUT2D eigenvalue weighted by Gasteiger charge is -2.05. The minimum absolute atomic E-state index is 0.292. The molecule has 0 aliphatic carbocycles. The van der Waals surface area contributed by atoms with Gasteiger partial charge in [-0.2, -0.15) is 0 Å². The molecule has 0 unspecified atom stereocenters. The van der Waals surface area contributed by atoms with Gasteiger partial charge in [0.2, 0.25) is 6.79 Å². The summed E-state index contributed by atoms with van der Waals surface area (Å²) in [5.41, 5.74) is 2.01. The maximum atomic E-state index is 5.35. The van der Waals surface area contributed by atoms with Gasteiger partial charge in [0.1, 0.15) is 5.75 Å². The Morgan fingerprint density at radius 1 is 1.12 bits per heavy atom. The number of methoxy groups -OCH3 is 1. The first kappa shape index (κ1) is 10.0. The average molecular weight is 227 g/mol. The number of benzene rings is 2. The van der Waals surface area contributed by atoms with E-state index in [1.165, 1.54) is 0 Å². The van der Waals surface area contributed by atoms with Gasteiger partial charge in [-0.1, -0.05) is 12.1 Å². The Bertz CT molecular complexity index is 549. The fraction of sp³-hybridized carbons (Fsp3) is 0.143. The van der Waals surface area contributed by atoms with Crippen LogP contribution in [-0.2, 0) is 0 Å². The van der Waals surface area contributed by atoms with Gasteiger partial charge in [0.15, 0.2) is 11.5 Å². The second-order valence-corrected chi connectivity index (χ2v) is 3.71. The Morgan fingerprint density at radius 3 is 2.88 bits per heavy atom. The first-order chi connectivity index (χ1) is 8.36. The van der Waals surface area contributed by atoms with Gasteiger partial charge in [-0.05, 0) is 41.5 Å². The van der Waals surface area contributed by atoms with E-state index in [1.807, 2.05) is 36.4 Å². The highest BCUT2D eigenvalue weighted by Crippen LogP contribution is 2.36. The summed E-state index contributed by atoms with van der Waals surface area (Å²) in [6.07, 6.45) is 0. The van der Waals surface area contributed by atoms with Gasteiger partial charge in [-0.3, -0.25) is 0 Å². The lowest BCUT2D eigenvalue weighted by atomic mass is 10.1. The maximum absolute atomic E-state index is 5.35. The van der Waals surface area contributed by atoms with Gasteiger partial charge in [0.05, 0.1) is 7.11 Å². The molecule has 3 heteroatoms. The van der Waals surface area contributed by atoms with Crippen LogP contribution in [0.1, 0.15) is 0 Å². The molecule has 2 aromatic carbocycles. The van der Waals surface area contributed by atoms with Crippen LogP contribution in [0.5, 0.6) is 17.2 Å². The van der Waals surface area contributed by atoms with Crippen LogP contribution in [0.3, 0.4) is 0 Å². The van der Waals surface area contributed by atoms with E-state index in [0.29, 0.717) is 6.79 Å². The van der Waals surface area contributed by atoms with E-state index in [4.69, 9.17) is 14.2 Å². The summed E-state index contributed by atoms with van der Waals surface area (Å²) in [5.74, 6) is 2.38. The predicted molar refractivity (Wildman–Crippen MR) is 63.4 cm³/mol. The molecular formula is C14H11O3. The smallest absolute Gasteiger partial charge is 0.231 e. The normalized spacial score (nSPS) is 12.5. The van der Waals surface area contributed by atoms with Crippen LogP contribution >= 0.6 is 0 Å². The summed E-state index contributed by atoms with van der Waals surface area (Å²) in [4.78, 5) is 0. The molecule has 0 aromatic heterocycles. The Hall–Kier alpha value is -2.16. The Kier molecular flexibility index (Phi) is 2.37. The highest BCUT2D eigenvalue weighted by Gasteiger charge is 2.13. The number of fused-ring (bicyclic) bond motifs is 1. The molecule has 3 nitrogen and oxygen atoms in total. The third-order valence-electron chi connectivity index (χ3n) is 2.69. The summed E-state index contributed by atoms with van der Waals surface area (Å²) >= 11 is 0. The summed E-state index contributed by atoms with van der Waals surface area (Å²) in [5, 5.41) is 0. The number of rotatable bonds is 2. The molecule has 2 aromatic rings. The first-order valence-corrected chi connectivity index (χ1v) is 5.32. The molecule has 3 rings (SSSR count). The van der Waals surface area contributed by atoms with Crippen LogP contribution in [0, 0.1) is 6.07 Å². The summed E-state index contributed by atoms with van der Waals surface area (Å²) in [6.45, 7) is 0.292. The third-order valence-corrected chi connectivity index (χ3v) is 2.69. The Morgan fingerprint density at radius 2 is 2.00 bits per heavy atom. The van der Waals surface area contributed by atoms with Crippen molar-refractivity contribution in [3.05, 3.63) is 42.5 Å². The Balaban J connectivity index is 2.03. The fourth-order valence-electron chi connectivity index (χ4n) is 1.80. The van der Waals surface area contributed by atoms with Gasteiger partial charge in [-0.25, -0.2) is 0 Å². The molecule has 0 N–H and O–H groups in total. The molecule has 0 atom stereocenters. The number of hydrogen-bond acceptors (Lipinski definition) is 3. The lowest BCUT2D eigenvalue weighted by Crippen LogP contribution is -1.92.